The summed E-state index contributed by atoms with van der Waals surface area (Å²) in [7, 11) is 1.24. The molecular weight excluding hydrogens is 264 g/mol. The quantitative estimate of drug-likeness (QED) is 0.792. The van der Waals surface area contributed by atoms with Crippen LogP contribution in [0.4, 0.5) is 10.6 Å². The van der Waals surface area contributed by atoms with Crippen LogP contribution in [-0.4, -0.2) is 46.2 Å². The van der Waals surface area contributed by atoms with Gasteiger partial charge in [0.05, 0.1) is 13.4 Å². The van der Waals surface area contributed by atoms with E-state index in [4.69, 9.17) is 4.84 Å². The van der Waals surface area contributed by atoms with Gasteiger partial charge in [0.1, 0.15) is 5.52 Å². The maximum Gasteiger partial charge on any atom is 0.440 e. The number of imidazole rings is 1. The Hall–Kier alpha value is -2.58. The first-order chi connectivity index (χ1) is 9.78. The summed E-state index contributed by atoms with van der Waals surface area (Å²) < 4.78 is 4.41. The van der Waals surface area contributed by atoms with Gasteiger partial charge in [-0.1, -0.05) is 0 Å². The zero-order chi connectivity index (χ0) is 13.9. The van der Waals surface area contributed by atoms with Gasteiger partial charge in [-0.15, -0.1) is 5.48 Å². The third kappa shape index (κ3) is 2.29. The molecule has 2 aromatic heterocycles. The van der Waals surface area contributed by atoms with Crippen molar-refractivity contribution < 1.29 is 14.4 Å². The smallest absolute Gasteiger partial charge is 0.440 e. The Kier molecular flexibility index (Phi) is 3.23. The zero-order valence-electron chi connectivity index (χ0n) is 10.9. The number of ether oxygens (including phenoxy) is 1. The third-order valence-corrected chi connectivity index (χ3v) is 3.06. The largest absolute Gasteiger partial charge is 0.451 e. The first-order valence-electron chi connectivity index (χ1n) is 6.25. The monoisotopic (exact) mass is 278 g/mol. The highest BCUT2D eigenvalue weighted by Crippen LogP contribution is 2.26. The molecule has 3 heterocycles. The molecule has 1 amide bonds. The van der Waals surface area contributed by atoms with E-state index in [1.165, 1.54) is 7.11 Å². The highest BCUT2D eigenvalue weighted by atomic mass is 16.7. The fourth-order valence-electron chi connectivity index (χ4n) is 2.13. The Morgan fingerprint density at radius 3 is 2.95 bits per heavy atom. The lowest BCUT2D eigenvalue weighted by molar-refractivity contribution is 0.113. The number of amides is 1. The third-order valence-electron chi connectivity index (χ3n) is 3.06. The Balaban J connectivity index is 1.91. The van der Waals surface area contributed by atoms with Gasteiger partial charge < -0.3 is 19.5 Å². The maximum absolute atomic E-state index is 11.0. The minimum atomic E-state index is -0.724. The first kappa shape index (κ1) is 12.5. The number of H-pyrrole nitrogens is 1. The Bertz CT molecular complexity index is 622. The molecule has 3 rings (SSSR count). The second kappa shape index (κ2) is 5.19. The molecule has 0 aliphatic carbocycles. The molecule has 2 N–H and O–H groups in total. The van der Waals surface area contributed by atoms with E-state index in [0.29, 0.717) is 5.65 Å². The fraction of sp³-hybridized carbons (Fsp3) is 0.455. The number of hydroxylamine groups is 1. The summed E-state index contributed by atoms with van der Waals surface area (Å²) in [6.07, 6.45) is 3.07. The molecular formula is C11H14N6O3. The van der Waals surface area contributed by atoms with Gasteiger partial charge in [-0.05, 0) is 12.8 Å². The van der Waals surface area contributed by atoms with Crippen molar-refractivity contribution in [2.24, 2.45) is 0 Å². The molecule has 9 heteroatoms. The highest BCUT2D eigenvalue weighted by Gasteiger charge is 2.20. The molecule has 0 unspecified atom stereocenters. The predicted octanol–water partition coefficient (Wildman–Crippen LogP) is 0.603. The highest BCUT2D eigenvalue weighted by molar-refractivity contribution is 5.83. The van der Waals surface area contributed by atoms with Gasteiger partial charge >= 0.3 is 12.1 Å². The first-order valence-corrected chi connectivity index (χ1v) is 6.25. The van der Waals surface area contributed by atoms with Crippen LogP contribution in [0.1, 0.15) is 12.8 Å². The lowest BCUT2D eigenvalue weighted by Crippen LogP contribution is -2.28. The van der Waals surface area contributed by atoms with Crippen LogP contribution in [0.3, 0.4) is 0 Å². The molecule has 1 aliphatic rings. The Morgan fingerprint density at radius 1 is 1.40 bits per heavy atom. The number of carbonyl (C=O) groups is 1. The molecule has 0 spiro atoms. The molecule has 0 saturated carbocycles. The summed E-state index contributed by atoms with van der Waals surface area (Å²) in [5.74, 6) is 0.728. The number of rotatable bonds is 3. The number of hydrogen-bond acceptors (Lipinski definition) is 7. The van der Waals surface area contributed by atoms with Crippen LogP contribution >= 0.6 is 0 Å². The topological polar surface area (TPSA) is 105 Å². The van der Waals surface area contributed by atoms with Gasteiger partial charge in [0.2, 0.25) is 0 Å². The number of methoxy groups -OCH3 is 1. The number of carbonyl (C=O) groups excluding carboxylic acids is 1. The summed E-state index contributed by atoms with van der Waals surface area (Å²) in [4.78, 5) is 33.7. The molecule has 106 valence electrons. The zero-order valence-corrected chi connectivity index (χ0v) is 10.9. The minimum Gasteiger partial charge on any atom is -0.451 e. The summed E-state index contributed by atoms with van der Waals surface area (Å²) in [6, 6.07) is 0.0249. The van der Waals surface area contributed by atoms with E-state index in [1.807, 2.05) is 0 Å². The van der Waals surface area contributed by atoms with Gasteiger partial charge in [-0.3, -0.25) is 0 Å². The number of aromatic nitrogens is 4. The van der Waals surface area contributed by atoms with E-state index in [0.717, 1.165) is 37.3 Å². The van der Waals surface area contributed by atoms with Crippen LogP contribution in [0.2, 0.25) is 0 Å². The normalized spacial score (nSPS) is 14.6. The molecule has 1 aliphatic heterocycles. The van der Waals surface area contributed by atoms with Crippen LogP contribution < -0.4 is 15.2 Å². The van der Waals surface area contributed by atoms with Gasteiger partial charge in [-0.2, -0.15) is 9.97 Å². The standard InChI is InChI=1S/C11H14N6O3/c1-19-11(18)16-20-10-14-8-7(12-6-13-8)9(15-10)17-4-2-3-5-17/h6H,2-5H2,1H3,(H,16,18)(H,12,13,14,15). The van der Waals surface area contributed by atoms with E-state index in [9.17, 15) is 4.79 Å². The molecule has 1 saturated heterocycles. The average molecular weight is 278 g/mol. The van der Waals surface area contributed by atoms with Crippen molar-refractivity contribution in [3.8, 4) is 6.01 Å². The Labute approximate surface area is 114 Å². The van der Waals surface area contributed by atoms with Crippen LogP contribution in [0.25, 0.3) is 11.2 Å². The van der Waals surface area contributed by atoms with Crippen molar-refractivity contribution in [3.05, 3.63) is 6.33 Å². The van der Waals surface area contributed by atoms with E-state index < -0.39 is 6.09 Å². The molecule has 0 bridgehead atoms. The molecule has 20 heavy (non-hydrogen) atoms. The van der Waals surface area contributed by atoms with Crippen molar-refractivity contribution in [1.29, 1.82) is 0 Å². The van der Waals surface area contributed by atoms with Crippen LogP contribution in [0.15, 0.2) is 6.33 Å². The summed E-state index contributed by atoms with van der Waals surface area (Å²) >= 11 is 0. The average Bonchev–Trinajstić information content (AvgIpc) is 3.14. The SMILES string of the molecule is COC(=O)NOc1nc(N2CCCC2)c2[nH]cnc2n1. The molecule has 1 fully saturated rings. The summed E-state index contributed by atoms with van der Waals surface area (Å²) in [5, 5.41) is 0. The Morgan fingerprint density at radius 2 is 2.20 bits per heavy atom. The van der Waals surface area contributed by atoms with E-state index in [2.05, 4.69) is 35.1 Å². The van der Waals surface area contributed by atoms with Gasteiger partial charge in [0.25, 0.3) is 0 Å². The van der Waals surface area contributed by atoms with Crippen LogP contribution in [0, 0.1) is 0 Å². The van der Waals surface area contributed by atoms with Crippen LogP contribution in [0.5, 0.6) is 6.01 Å². The molecule has 9 nitrogen and oxygen atoms in total. The number of aromatic amines is 1. The minimum absolute atomic E-state index is 0.0249. The molecule has 0 radical (unpaired) electrons. The van der Waals surface area contributed by atoms with Crippen LogP contribution in [-0.2, 0) is 4.74 Å². The van der Waals surface area contributed by atoms with E-state index in [1.54, 1.807) is 6.33 Å². The lowest BCUT2D eigenvalue weighted by atomic mass is 10.4. The fourth-order valence-corrected chi connectivity index (χ4v) is 2.13. The summed E-state index contributed by atoms with van der Waals surface area (Å²) in [5.41, 5.74) is 3.33. The lowest BCUT2D eigenvalue weighted by Gasteiger charge is -2.17. The van der Waals surface area contributed by atoms with E-state index >= 15 is 0 Å². The van der Waals surface area contributed by atoms with E-state index in [-0.39, 0.29) is 6.01 Å². The predicted molar refractivity (Wildman–Crippen MR) is 69.3 cm³/mol. The van der Waals surface area contributed by atoms with Gasteiger partial charge in [0, 0.05) is 13.1 Å². The number of anilines is 1. The number of fused-ring (bicyclic) bond motifs is 1. The molecule has 2 aromatic rings. The maximum atomic E-state index is 11.0. The number of hydrogen-bond donors (Lipinski definition) is 2. The van der Waals surface area contributed by atoms with Crippen molar-refractivity contribution in [3.63, 3.8) is 0 Å². The van der Waals surface area contributed by atoms with Crippen molar-refractivity contribution in [2.75, 3.05) is 25.1 Å². The molecule has 0 aromatic carbocycles. The van der Waals surface area contributed by atoms with Crippen molar-refractivity contribution in [2.45, 2.75) is 12.8 Å². The van der Waals surface area contributed by atoms with Crippen molar-refractivity contribution in [1.82, 2.24) is 25.4 Å². The van der Waals surface area contributed by atoms with Crippen molar-refractivity contribution >= 4 is 23.1 Å². The second-order valence-corrected chi connectivity index (χ2v) is 4.32. The number of nitrogens with zero attached hydrogens (tertiary/aromatic N) is 4. The number of nitrogens with one attached hydrogen (secondary N) is 2. The second-order valence-electron chi connectivity index (χ2n) is 4.32. The van der Waals surface area contributed by atoms with Gasteiger partial charge in [0.15, 0.2) is 11.5 Å². The summed E-state index contributed by atoms with van der Waals surface area (Å²) in [6.45, 7) is 1.85. The molecule has 0 atom stereocenters. The van der Waals surface area contributed by atoms with Gasteiger partial charge in [-0.25, -0.2) is 9.78 Å².